The normalized spacial score (nSPS) is 29.3. The Labute approximate surface area is 109 Å². The lowest BCUT2D eigenvalue weighted by atomic mass is 10.0. The fourth-order valence-corrected chi connectivity index (χ4v) is 2.57. The fourth-order valence-electron chi connectivity index (χ4n) is 2.57. The average molecular weight is 256 g/mol. The highest BCUT2D eigenvalue weighted by molar-refractivity contribution is 5.76. The van der Waals surface area contributed by atoms with Crippen LogP contribution >= 0.6 is 0 Å². The first-order chi connectivity index (χ1) is 8.79. The second-order valence-electron chi connectivity index (χ2n) is 5.10. The van der Waals surface area contributed by atoms with E-state index in [-0.39, 0.29) is 18.1 Å². The van der Waals surface area contributed by atoms with Gasteiger partial charge in [-0.1, -0.05) is 0 Å². The molecule has 2 fully saturated rings. The highest BCUT2D eigenvalue weighted by atomic mass is 16.5. The van der Waals surface area contributed by atoms with Crippen molar-refractivity contribution in [3.63, 3.8) is 0 Å². The van der Waals surface area contributed by atoms with Gasteiger partial charge in [0.15, 0.2) is 0 Å². The Hall–Kier alpha value is -0.650. The summed E-state index contributed by atoms with van der Waals surface area (Å²) in [6, 6.07) is 0. The standard InChI is InChI=1S/C13H24N2O3/c14-9-12-10-15(6-8-18-12)13(16)5-4-11-3-1-2-7-17-11/h11-12H,1-10,14H2/t11-,12-/m1/s1. The third-order valence-electron chi connectivity index (χ3n) is 3.71. The van der Waals surface area contributed by atoms with Crippen LogP contribution in [0.5, 0.6) is 0 Å². The lowest BCUT2D eigenvalue weighted by Gasteiger charge is -2.33. The van der Waals surface area contributed by atoms with Crippen LogP contribution in [0.2, 0.25) is 0 Å². The van der Waals surface area contributed by atoms with Crippen molar-refractivity contribution in [2.45, 2.75) is 44.3 Å². The van der Waals surface area contributed by atoms with E-state index < -0.39 is 0 Å². The zero-order valence-electron chi connectivity index (χ0n) is 11.0. The number of nitrogens with two attached hydrogens (primary N) is 1. The van der Waals surface area contributed by atoms with Crippen LogP contribution in [0.25, 0.3) is 0 Å². The van der Waals surface area contributed by atoms with Crippen LogP contribution in [0.15, 0.2) is 0 Å². The van der Waals surface area contributed by atoms with Crippen molar-refractivity contribution >= 4 is 5.91 Å². The molecule has 2 saturated heterocycles. The molecule has 0 spiro atoms. The predicted molar refractivity (Wildman–Crippen MR) is 68.2 cm³/mol. The summed E-state index contributed by atoms with van der Waals surface area (Å²) in [4.78, 5) is 14.0. The van der Waals surface area contributed by atoms with E-state index in [1.54, 1.807) is 0 Å². The number of amides is 1. The molecule has 18 heavy (non-hydrogen) atoms. The second kappa shape index (κ2) is 7.07. The molecule has 0 aromatic rings. The average Bonchev–Trinajstić information content (AvgIpc) is 2.46. The summed E-state index contributed by atoms with van der Waals surface area (Å²) in [6.07, 6.45) is 5.22. The Morgan fingerprint density at radius 3 is 2.78 bits per heavy atom. The monoisotopic (exact) mass is 256 g/mol. The van der Waals surface area contributed by atoms with Gasteiger partial charge in [0, 0.05) is 32.7 Å². The lowest BCUT2D eigenvalue weighted by molar-refractivity contribution is -0.139. The number of ether oxygens (including phenoxy) is 2. The molecule has 5 heteroatoms. The van der Waals surface area contributed by atoms with Gasteiger partial charge >= 0.3 is 0 Å². The summed E-state index contributed by atoms with van der Waals surface area (Å²) in [6.45, 7) is 3.27. The van der Waals surface area contributed by atoms with Gasteiger partial charge < -0.3 is 20.1 Å². The maximum absolute atomic E-state index is 12.1. The first kappa shape index (κ1) is 13.8. The Morgan fingerprint density at radius 1 is 1.22 bits per heavy atom. The Kier molecular flexibility index (Phi) is 5.41. The molecule has 1 amide bonds. The van der Waals surface area contributed by atoms with Gasteiger partial charge in [-0.2, -0.15) is 0 Å². The number of carbonyl (C=O) groups excluding carboxylic acids is 1. The number of morpholine rings is 1. The van der Waals surface area contributed by atoms with E-state index in [9.17, 15) is 4.79 Å². The van der Waals surface area contributed by atoms with Gasteiger partial charge in [0.1, 0.15) is 0 Å². The fraction of sp³-hybridized carbons (Fsp3) is 0.923. The van der Waals surface area contributed by atoms with E-state index in [1.165, 1.54) is 6.42 Å². The van der Waals surface area contributed by atoms with Crippen molar-refractivity contribution in [2.75, 3.05) is 32.8 Å². The zero-order chi connectivity index (χ0) is 12.8. The molecule has 2 rings (SSSR count). The van der Waals surface area contributed by atoms with Crippen molar-refractivity contribution < 1.29 is 14.3 Å². The second-order valence-corrected chi connectivity index (χ2v) is 5.10. The number of rotatable bonds is 4. The minimum Gasteiger partial charge on any atom is -0.378 e. The SMILES string of the molecule is NC[C@@H]1CN(C(=O)CC[C@H]2CCCCO2)CCO1. The van der Waals surface area contributed by atoms with E-state index in [0.717, 1.165) is 25.9 Å². The van der Waals surface area contributed by atoms with E-state index in [0.29, 0.717) is 32.7 Å². The molecule has 104 valence electrons. The Morgan fingerprint density at radius 2 is 2.06 bits per heavy atom. The maximum Gasteiger partial charge on any atom is 0.222 e. The molecular weight excluding hydrogens is 232 g/mol. The molecule has 0 aliphatic carbocycles. The summed E-state index contributed by atoms with van der Waals surface area (Å²) in [7, 11) is 0. The Bertz CT molecular complexity index is 267. The van der Waals surface area contributed by atoms with E-state index >= 15 is 0 Å². The quantitative estimate of drug-likeness (QED) is 0.796. The third-order valence-corrected chi connectivity index (χ3v) is 3.71. The smallest absolute Gasteiger partial charge is 0.222 e. The van der Waals surface area contributed by atoms with Crippen molar-refractivity contribution in [3.8, 4) is 0 Å². The molecule has 0 aromatic carbocycles. The Balaban J connectivity index is 1.70. The summed E-state index contributed by atoms with van der Waals surface area (Å²) in [5.74, 6) is 0.214. The molecule has 0 unspecified atom stereocenters. The molecule has 5 nitrogen and oxygen atoms in total. The topological polar surface area (TPSA) is 64.8 Å². The molecular formula is C13H24N2O3. The molecule has 2 aliphatic rings. The number of hydrogen-bond donors (Lipinski definition) is 1. The van der Waals surface area contributed by atoms with E-state index in [4.69, 9.17) is 15.2 Å². The maximum atomic E-state index is 12.1. The largest absolute Gasteiger partial charge is 0.378 e. The molecule has 2 heterocycles. The van der Waals surface area contributed by atoms with Crippen LogP contribution in [0.1, 0.15) is 32.1 Å². The zero-order valence-corrected chi connectivity index (χ0v) is 11.0. The molecule has 0 aromatic heterocycles. The highest BCUT2D eigenvalue weighted by Gasteiger charge is 2.24. The van der Waals surface area contributed by atoms with E-state index in [2.05, 4.69) is 0 Å². The lowest BCUT2D eigenvalue weighted by Crippen LogP contribution is -2.48. The van der Waals surface area contributed by atoms with Crippen LogP contribution in [0, 0.1) is 0 Å². The molecule has 0 radical (unpaired) electrons. The molecule has 2 aliphatic heterocycles. The van der Waals surface area contributed by atoms with Crippen LogP contribution in [0.4, 0.5) is 0 Å². The van der Waals surface area contributed by atoms with Crippen molar-refractivity contribution in [1.82, 2.24) is 4.90 Å². The first-order valence-electron chi connectivity index (χ1n) is 7.00. The van der Waals surface area contributed by atoms with Crippen LogP contribution in [-0.4, -0.2) is 55.9 Å². The van der Waals surface area contributed by atoms with Gasteiger partial charge in [0.05, 0.1) is 18.8 Å². The van der Waals surface area contributed by atoms with Crippen molar-refractivity contribution in [2.24, 2.45) is 5.73 Å². The van der Waals surface area contributed by atoms with Crippen molar-refractivity contribution in [3.05, 3.63) is 0 Å². The summed E-state index contributed by atoms with van der Waals surface area (Å²) in [5.41, 5.74) is 5.57. The summed E-state index contributed by atoms with van der Waals surface area (Å²) >= 11 is 0. The molecule has 0 bridgehead atoms. The van der Waals surface area contributed by atoms with Gasteiger partial charge in [-0.3, -0.25) is 4.79 Å². The van der Waals surface area contributed by atoms with Gasteiger partial charge in [0.25, 0.3) is 0 Å². The van der Waals surface area contributed by atoms with Crippen molar-refractivity contribution in [1.29, 1.82) is 0 Å². The summed E-state index contributed by atoms with van der Waals surface area (Å²) in [5, 5.41) is 0. The molecule has 2 atom stereocenters. The van der Waals surface area contributed by atoms with E-state index in [1.807, 2.05) is 4.90 Å². The first-order valence-corrected chi connectivity index (χ1v) is 7.00. The minimum atomic E-state index is 0.00799. The minimum absolute atomic E-state index is 0.00799. The number of hydrogen-bond acceptors (Lipinski definition) is 4. The highest BCUT2D eigenvalue weighted by Crippen LogP contribution is 2.18. The number of carbonyl (C=O) groups is 1. The number of nitrogens with zero attached hydrogens (tertiary/aromatic N) is 1. The summed E-state index contributed by atoms with van der Waals surface area (Å²) < 4.78 is 11.1. The van der Waals surface area contributed by atoms with Crippen LogP contribution < -0.4 is 5.73 Å². The predicted octanol–water partition coefficient (Wildman–Crippen LogP) is 0.522. The van der Waals surface area contributed by atoms with Gasteiger partial charge in [0.2, 0.25) is 5.91 Å². The molecule has 0 saturated carbocycles. The van der Waals surface area contributed by atoms with Gasteiger partial charge in [-0.25, -0.2) is 0 Å². The molecule has 2 N–H and O–H groups in total. The van der Waals surface area contributed by atoms with Crippen LogP contribution in [0.3, 0.4) is 0 Å². The van der Waals surface area contributed by atoms with Gasteiger partial charge in [-0.15, -0.1) is 0 Å². The van der Waals surface area contributed by atoms with Gasteiger partial charge in [-0.05, 0) is 25.7 Å². The van der Waals surface area contributed by atoms with Crippen LogP contribution in [-0.2, 0) is 14.3 Å². The third kappa shape index (κ3) is 3.93.